The SMILES string of the molecule is CCCOc1ccc(C(O)=C2C(=O)C(=O)N(CCCOC)C2c2ccc(OCc3ccccc3)c(OCC)c2)cc1. The Hall–Kier alpha value is -4.30. The summed E-state index contributed by atoms with van der Waals surface area (Å²) in [5.41, 5.74) is 2.08. The molecule has 1 saturated heterocycles. The zero-order valence-electron chi connectivity index (χ0n) is 23.8. The van der Waals surface area contributed by atoms with Crippen molar-refractivity contribution in [2.75, 3.05) is 33.5 Å². The Labute approximate surface area is 241 Å². The monoisotopic (exact) mass is 559 g/mol. The number of ether oxygens (including phenoxy) is 4. The molecule has 1 heterocycles. The van der Waals surface area contributed by atoms with Gasteiger partial charge in [0.2, 0.25) is 0 Å². The molecule has 3 aromatic rings. The molecule has 0 aromatic heterocycles. The summed E-state index contributed by atoms with van der Waals surface area (Å²) < 4.78 is 22.8. The molecule has 1 amide bonds. The first kappa shape index (κ1) is 29.7. The highest BCUT2D eigenvalue weighted by Crippen LogP contribution is 2.42. The maximum atomic E-state index is 13.4. The number of Topliss-reactive ketones (excluding diaryl/α,β-unsaturated/α-hetero) is 1. The normalized spacial score (nSPS) is 16.2. The van der Waals surface area contributed by atoms with Crippen molar-refractivity contribution in [3.05, 3.63) is 95.1 Å². The number of methoxy groups -OCH3 is 1. The average Bonchev–Trinajstić information content (AvgIpc) is 3.25. The lowest BCUT2D eigenvalue weighted by molar-refractivity contribution is -0.140. The van der Waals surface area contributed by atoms with Gasteiger partial charge in [0.25, 0.3) is 11.7 Å². The molecule has 0 saturated carbocycles. The van der Waals surface area contributed by atoms with Gasteiger partial charge in [-0.2, -0.15) is 0 Å². The minimum absolute atomic E-state index is 0.0232. The first-order valence-electron chi connectivity index (χ1n) is 13.9. The Morgan fingerprint density at radius 1 is 0.878 bits per heavy atom. The number of hydrogen-bond donors (Lipinski definition) is 1. The van der Waals surface area contributed by atoms with E-state index in [1.165, 1.54) is 4.90 Å². The van der Waals surface area contributed by atoms with Gasteiger partial charge in [0, 0.05) is 25.8 Å². The van der Waals surface area contributed by atoms with Gasteiger partial charge in [-0.05, 0) is 67.3 Å². The third kappa shape index (κ3) is 7.08. The van der Waals surface area contributed by atoms with Crippen LogP contribution in [-0.2, 0) is 20.9 Å². The summed E-state index contributed by atoms with van der Waals surface area (Å²) in [6, 6.07) is 21.2. The summed E-state index contributed by atoms with van der Waals surface area (Å²) in [5, 5.41) is 11.4. The largest absolute Gasteiger partial charge is 0.507 e. The van der Waals surface area contributed by atoms with Gasteiger partial charge in [-0.3, -0.25) is 9.59 Å². The third-order valence-electron chi connectivity index (χ3n) is 6.71. The predicted molar refractivity (Wildman–Crippen MR) is 156 cm³/mol. The van der Waals surface area contributed by atoms with Crippen LogP contribution >= 0.6 is 0 Å². The number of carbonyl (C=O) groups is 2. The van der Waals surface area contributed by atoms with Crippen LogP contribution in [0.15, 0.2) is 78.4 Å². The minimum Gasteiger partial charge on any atom is -0.507 e. The molecule has 1 aliphatic rings. The molecule has 8 heteroatoms. The van der Waals surface area contributed by atoms with E-state index in [9.17, 15) is 14.7 Å². The van der Waals surface area contributed by atoms with E-state index >= 15 is 0 Å². The molecule has 41 heavy (non-hydrogen) atoms. The second kappa shape index (κ2) is 14.4. The van der Waals surface area contributed by atoms with Crippen molar-refractivity contribution in [2.24, 2.45) is 0 Å². The van der Waals surface area contributed by atoms with Crippen LogP contribution in [0.3, 0.4) is 0 Å². The number of likely N-dealkylation sites (tertiary alicyclic amines) is 1. The number of amides is 1. The molecule has 0 bridgehead atoms. The molecular formula is C33H37NO7. The maximum absolute atomic E-state index is 13.4. The van der Waals surface area contributed by atoms with Crippen LogP contribution in [0.2, 0.25) is 0 Å². The maximum Gasteiger partial charge on any atom is 0.295 e. The van der Waals surface area contributed by atoms with E-state index < -0.39 is 17.7 Å². The molecule has 3 aromatic carbocycles. The van der Waals surface area contributed by atoms with Crippen molar-refractivity contribution in [3.8, 4) is 17.2 Å². The number of aliphatic hydroxyl groups is 1. The second-order valence-corrected chi connectivity index (χ2v) is 9.63. The minimum atomic E-state index is -0.815. The van der Waals surface area contributed by atoms with Gasteiger partial charge in [-0.25, -0.2) is 0 Å². The highest BCUT2D eigenvalue weighted by Gasteiger charge is 2.46. The van der Waals surface area contributed by atoms with E-state index in [2.05, 4.69) is 0 Å². The zero-order valence-corrected chi connectivity index (χ0v) is 23.8. The molecule has 1 unspecified atom stereocenters. The van der Waals surface area contributed by atoms with E-state index in [1.54, 1.807) is 49.6 Å². The van der Waals surface area contributed by atoms with Crippen molar-refractivity contribution >= 4 is 17.4 Å². The van der Waals surface area contributed by atoms with Crippen molar-refractivity contribution in [1.29, 1.82) is 0 Å². The van der Waals surface area contributed by atoms with Gasteiger partial charge in [0.15, 0.2) is 11.5 Å². The lowest BCUT2D eigenvalue weighted by Crippen LogP contribution is -2.31. The van der Waals surface area contributed by atoms with E-state index in [-0.39, 0.29) is 17.9 Å². The lowest BCUT2D eigenvalue weighted by Gasteiger charge is -2.26. The first-order valence-corrected chi connectivity index (χ1v) is 13.9. The van der Waals surface area contributed by atoms with Crippen LogP contribution in [0.25, 0.3) is 5.76 Å². The molecule has 1 aliphatic heterocycles. The smallest absolute Gasteiger partial charge is 0.295 e. The fourth-order valence-corrected chi connectivity index (χ4v) is 4.74. The second-order valence-electron chi connectivity index (χ2n) is 9.63. The molecule has 1 atom stereocenters. The summed E-state index contributed by atoms with van der Waals surface area (Å²) in [7, 11) is 1.59. The fourth-order valence-electron chi connectivity index (χ4n) is 4.74. The molecule has 216 valence electrons. The molecule has 1 fully saturated rings. The number of aliphatic hydroxyl groups excluding tert-OH is 1. The number of ketones is 1. The Kier molecular flexibility index (Phi) is 10.4. The highest BCUT2D eigenvalue weighted by atomic mass is 16.5. The summed E-state index contributed by atoms with van der Waals surface area (Å²) in [6.07, 6.45) is 1.40. The Morgan fingerprint density at radius 3 is 2.32 bits per heavy atom. The van der Waals surface area contributed by atoms with E-state index in [4.69, 9.17) is 18.9 Å². The average molecular weight is 560 g/mol. The van der Waals surface area contributed by atoms with E-state index in [0.717, 1.165) is 12.0 Å². The highest BCUT2D eigenvalue weighted by molar-refractivity contribution is 6.46. The third-order valence-corrected chi connectivity index (χ3v) is 6.71. The number of nitrogens with zero attached hydrogens (tertiary/aromatic N) is 1. The Bertz CT molecular complexity index is 1350. The quantitative estimate of drug-likeness (QED) is 0.114. The molecule has 8 nitrogen and oxygen atoms in total. The Morgan fingerprint density at radius 2 is 1.63 bits per heavy atom. The van der Waals surface area contributed by atoms with Gasteiger partial charge >= 0.3 is 0 Å². The fraction of sp³-hybridized carbons (Fsp3) is 0.333. The topological polar surface area (TPSA) is 94.5 Å². The number of benzene rings is 3. The van der Waals surface area contributed by atoms with Crippen molar-refractivity contribution in [1.82, 2.24) is 4.90 Å². The van der Waals surface area contributed by atoms with Gasteiger partial charge in [-0.15, -0.1) is 0 Å². The number of hydrogen-bond acceptors (Lipinski definition) is 7. The van der Waals surface area contributed by atoms with Crippen LogP contribution < -0.4 is 14.2 Å². The molecule has 1 N–H and O–H groups in total. The van der Waals surface area contributed by atoms with Crippen LogP contribution in [0.4, 0.5) is 0 Å². The van der Waals surface area contributed by atoms with E-state index in [1.807, 2.05) is 44.2 Å². The molecule has 0 aliphatic carbocycles. The molecule has 4 rings (SSSR count). The first-order chi connectivity index (χ1) is 20.0. The molecule has 0 spiro atoms. The van der Waals surface area contributed by atoms with Gasteiger partial charge < -0.3 is 29.0 Å². The van der Waals surface area contributed by atoms with Crippen LogP contribution in [0, 0.1) is 0 Å². The van der Waals surface area contributed by atoms with Gasteiger partial charge in [-0.1, -0.05) is 43.3 Å². The lowest BCUT2D eigenvalue weighted by atomic mass is 9.95. The molecule has 0 radical (unpaired) electrons. The van der Waals surface area contributed by atoms with Crippen LogP contribution in [0.5, 0.6) is 17.2 Å². The van der Waals surface area contributed by atoms with E-state index in [0.29, 0.717) is 61.2 Å². The van der Waals surface area contributed by atoms with Crippen LogP contribution in [0.1, 0.15) is 49.4 Å². The standard InChI is InChI=1S/C33H37NO7/c1-4-19-40-26-15-12-24(13-16-26)31(35)29-30(34(18-9-20-38-3)33(37)32(29)36)25-14-17-27(28(21-25)39-5-2)41-22-23-10-7-6-8-11-23/h6-8,10-17,21,30,35H,4-5,9,18-20,22H2,1-3H3. The Balaban J connectivity index is 1.73. The summed E-state index contributed by atoms with van der Waals surface area (Å²) in [5.74, 6) is 0.0372. The van der Waals surface area contributed by atoms with Crippen molar-refractivity contribution < 1.29 is 33.6 Å². The summed E-state index contributed by atoms with van der Waals surface area (Å²) >= 11 is 0. The van der Waals surface area contributed by atoms with Crippen molar-refractivity contribution in [2.45, 2.75) is 39.3 Å². The molecular weight excluding hydrogens is 522 g/mol. The van der Waals surface area contributed by atoms with Gasteiger partial charge in [0.1, 0.15) is 18.1 Å². The zero-order chi connectivity index (χ0) is 29.2. The van der Waals surface area contributed by atoms with Gasteiger partial charge in [0.05, 0.1) is 24.8 Å². The number of rotatable bonds is 14. The predicted octanol–water partition coefficient (Wildman–Crippen LogP) is 5.91. The van der Waals surface area contributed by atoms with Crippen LogP contribution in [-0.4, -0.2) is 55.2 Å². The van der Waals surface area contributed by atoms with Crippen molar-refractivity contribution in [3.63, 3.8) is 0 Å². The summed E-state index contributed by atoms with van der Waals surface area (Å²) in [6.45, 7) is 5.92. The summed E-state index contributed by atoms with van der Waals surface area (Å²) in [4.78, 5) is 28.1. The number of carbonyl (C=O) groups excluding carboxylic acids is 2.